The van der Waals surface area contributed by atoms with Crippen LogP contribution in [0.5, 0.6) is 0 Å². The van der Waals surface area contributed by atoms with Crippen molar-refractivity contribution >= 4 is 19.6 Å². The van der Waals surface area contributed by atoms with E-state index in [1.54, 1.807) is 24.2 Å². The summed E-state index contributed by atoms with van der Waals surface area (Å²) in [6.07, 6.45) is 5.87. The first kappa shape index (κ1) is 27.6. The number of fused-ring (bicyclic) bond motifs is 1. The summed E-state index contributed by atoms with van der Waals surface area (Å²) in [6.45, 7) is 18.0. The van der Waals surface area contributed by atoms with E-state index in [9.17, 15) is 0 Å². The molecule has 0 N–H and O–H groups in total. The van der Waals surface area contributed by atoms with Crippen LogP contribution in [0, 0.1) is 5.41 Å². The SMILES string of the molecule is CC(C)(C)C1=CCC([c-]2cc(C(C)(C)C)c3ccccc32)=C1.C[C](C)=[Zr].[Cl-].[Cl-]. The zero-order valence-corrected chi connectivity index (χ0v) is 22.5. The Bertz CT molecular complexity index is 864. The summed E-state index contributed by atoms with van der Waals surface area (Å²) < 4.78 is 1.51. The van der Waals surface area contributed by atoms with E-state index in [-0.39, 0.29) is 35.6 Å². The third-order valence-electron chi connectivity index (χ3n) is 4.69. The first-order chi connectivity index (χ1) is 11.9. The van der Waals surface area contributed by atoms with E-state index >= 15 is 0 Å². The smallest absolute Gasteiger partial charge is 1.00 e. The van der Waals surface area contributed by atoms with Gasteiger partial charge in [0.25, 0.3) is 0 Å². The van der Waals surface area contributed by atoms with E-state index in [0.29, 0.717) is 0 Å². The second kappa shape index (κ2) is 10.6. The van der Waals surface area contributed by atoms with Gasteiger partial charge in [-0.05, 0) is 17.3 Å². The van der Waals surface area contributed by atoms with Crippen molar-refractivity contribution in [3.05, 3.63) is 59.2 Å². The Balaban J connectivity index is 0.00000111. The quantitative estimate of drug-likeness (QED) is 0.525. The van der Waals surface area contributed by atoms with Crippen LogP contribution in [0.3, 0.4) is 0 Å². The molecule has 0 heterocycles. The van der Waals surface area contributed by atoms with Gasteiger partial charge < -0.3 is 24.8 Å². The molecule has 0 aliphatic heterocycles. The van der Waals surface area contributed by atoms with Gasteiger partial charge in [0.05, 0.1) is 0 Å². The van der Waals surface area contributed by atoms with Gasteiger partial charge in [-0.1, -0.05) is 77.0 Å². The molecule has 0 saturated heterocycles. The van der Waals surface area contributed by atoms with Gasteiger partial charge in [-0.2, -0.15) is 0 Å². The van der Waals surface area contributed by atoms with Crippen LogP contribution >= 0.6 is 0 Å². The molecule has 0 bridgehead atoms. The van der Waals surface area contributed by atoms with Crippen molar-refractivity contribution in [2.45, 2.75) is 67.2 Å². The van der Waals surface area contributed by atoms with Gasteiger partial charge in [-0.3, -0.25) is 0 Å². The molecule has 154 valence electrons. The number of hydrogen-bond donors (Lipinski definition) is 0. The summed E-state index contributed by atoms with van der Waals surface area (Å²) in [4.78, 5) is 0. The molecule has 2 aromatic carbocycles. The molecular weight excluding hydrogens is 462 g/mol. The fourth-order valence-electron chi connectivity index (χ4n) is 3.37. The summed E-state index contributed by atoms with van der Waals surface area (Å²) in [5, 5.41) is 2.82. The van der Waals surface area contributed by atoms with E-state index in [4.69, 9.17) is 0 Å². The van der Waals surface area contributed by atoms with Crippen molar-refractivity contribution < 1.29 is 49.0 Å². The zero-order chi connectivity index (χ0) is 19.7. The van der Waals surface area contributed by atoms with Gasteiger partial charge in [-0.15, -0.1) is 40.1 Å². The molecule has 0 amide bonds. The van der Waals surface area contributed by atoms with Gasteiger partial charge in [0, 0.05) is 0 Å². The predicted molar refractivity (Wildman–Crippen MR) is 115 cm³/mol. The van der Waals surface area contributed by atoms with E-state index in [1.807, 2.05) is 0 Å². The zero-order valence-electron chi connectivity index (χ0n) is 18.5. The molecule has 1 aliphatic rings. The minimum Gasteiger partial charge on any atom is -1.00 e. The van der Waals surface area contributed by atoms with Crippen LogP contribution in [-0.2, 0) is 29.7 Å². The van der Waals surface area contributed by atoms with Gasteiger partial charge in [0.1, 0.15) is 0 Å². The summed E-state index contributed by atoms with van der Waals surface area (Å²) >= 11 is 1.55. The molecule has 0 saturated carbocycles. The summed E-state index contributed by atoms with van der Waals surface area (Å²) in [5.41, 5.74) is 6.23. The topological polar surface area (TPSA) is 0 Å². The third kappa shape index (κ3) is 6.86. The fraction of sp³-hybridized carbons (Fsp3) is 0.440. The second-order valence-corrected chi connectivity index (χ2v) is 12.0. The van der Waals surface area contributed by atoms with Crippen molar-refractivity contribution in [2.75, 3.05) is 0 Å². The Labute approximate surface area is 199 Å². The molecule has 3 rings (SSSR count). The number of rotatable bonds is 1. The largest absolute Gasteiger partial charge is 1.00 e. The van der Waals surface area contributed by atoms with E-state index in [1.165, 1.54) is 36.3 Å². The maximum absolute atomic E-state index is 2.43. The Morgan fingerprint density at radius 2 is 1.46 bits per heavy atom. The second-order valence-electron chi connectivity index (χ2n) is 9.55. The van der Waals surface area contributed by atoms with Crippen molar-refractivity contribution in [3.8, 4) is 0 Å². The molecule has 2 aromatic rings. The van der Waals surface area contributed by atoms with Crippen LogP contribution in [0.4, 0.5) is 0 Å². The predicted octanol–water partition coefficient (Wildman–Crippen LogP) is 1.37. The van der Waals surface area contributed by atoms with Crippen LogP contribution in [0.25, 0.3) is 16.3 Å². The average molecular weight is 496 g/mol. The molecule has 0 fully saturated rings. The van der Waals surface area contributed by atoms with Crippen molar-refractivity contribution in [3.63, 3.8) is 0 Å². The molecule has 0 unspecified atom stereocenters. The van der Waals surface area contributed by atoms with Crippen LogP contribution in [0.1, 0.15) is 72.9 Å². The number of halogens is 2. The molecule has 0 nitrogen and oxygen atoms in total. The normalized spacial score (nSPS) is 13.5. The minimum atomic E-state index is 0. The molecule has 0 aromatic heterocycles. The van der Waals surface area contributed by atoms with E-state index < -0.39 is 0 Å². The van der Waals surface area contributed by atoms with Crippen molar-refractivity contribution in [2.24, 2.45) is 5.41 Å². The molecule has 0 spiro atoms. The Kier molecular flexibility index (Phi) is 10.5. The van der Waals surface area contributed by atoms with E-state index in [0.717, 1.165) is 6.42 Å². The van der Waals surface area contributed by atoms with Gasteiger partial charge >= 0.3 is 41.3 Å². The molecular formula is C25H33Cl2Zr-3. The minimum absolute atomic E-state index is 0. The Morgan fingerprint density at radius 1 is 0.929 bits per heavy atom. The summed E-state index contributed by atoms with van der Waals surface area (Å²) in [5.74, 6) is 0. The fourth-order valence-corrected chi connectivity index (χ4v) is 3.37. The van der Waals surface area contributed by atoms with E-state index in [2.05, 4.69) is 97.9 Å². The van der Waals surface area contributed by atoms with Gasteiger partial charge in [0.15, 0.2) is 0 Å². The maximum atomic E-state index is 2.43. The van der Waals surface area contributed by atoms with Gasteiger partial charge in [-0.25, -0.2) is 0 Å². The van der Waals surface area contributed by atoms with Crippen LogP contribution < -0.4 is 24.8 Å². The molecule has 1 aliphatic carbocycles. The number of allylic oxidation sites excluding steroid dienone is 4. The molecule has 0 atom stereocenters. The molecule has 28 heavy (non-hydrogen) atoms. The monoisotopic (exact) mass is 493 g/mol. The van der Waals surface area contributed by atoms with Gasteiger partial charge in [0.2, 0.25) is 0 Å². The average Bonchev–Trinajstić information content (AvgIpc) is 3.10. The molecule has 0 radical (unpaired) electrons. The number of hydrogen-bond acceptors (Lipinski definition) is 0. The van der Waals surface area contributed by atoms with Crippen molar-refractivity contribution in [1.29, 1.82) is 0 Å². The maximum Gasteiger partial charge on any atom is -1.00 e. The third-order valence-corrected chi connectivity index (χ3v) is 4.69. The standard InChI is InChI=1S/C22H27.C3H6.2ClH.Zr/c1-21(2,3)16-12-11-15(13-16)19-14-20(22(4,5)6)18-10-8-7-9-17(18)19;1-3-2;;;/h7-10,12-14H,11H2,1-6H3;1-2H3;2*1H;/q-1;;;;/p-2. The first-order valence-electron chi connectivity index (χ1n) is 9.53. The first-order valence-corrected chi connectivity index (χ1v) is 10.8. The van der Waals surface area contributed by atoms with Crippen LogP contribution in [-0.4, -0.2) is 3.21 Å². The van der Waals surface area contributed by atoms with Crippen LogP contribution in [0.15, 0.2) is 48.1 Å². The number of benzene rings is 1. The van der Waals surface area contributed by atoms with Crippen molar-refractivity contribution in [1.82, 2.24) is 0 Å². The summed E-state index contributed by atoms with van der Waals surface area (Å²) in [7, 11) is 0. The Hall–Kier alpha value is -0.357. The Morgan fingerprint density at radius 3 is 1.93 bits per heavy atom. The molecule has 3 heteroatoms. The van der Waals surface area contributed by atoms with Crippen LogP contribution in [0.2, 0.25) is 0 Å². The summed E-state index contributed by atoms with van der Waals surface area (Å²) in [6, 6.07) is 11.3.